The molecule has 0 aliphatic carbocycles. The van der Waals surface area contributed by atoms with E-state index in [2.05, 4.69) is 10.3 Å². The molecule has 90 valence electrons. The molecule has 0 aliphatic heterocycles. The monoisotopic (exact) mass is 234 g/mol. The summed E-state index contributed by atoms with van der Waals surface area (Å²) in [5, 5.41) is 12.7. The number of rotatable bonds is 5. The van der Waals surface area contributed by atoms with Gasteiger partial charge in [0.25, 0.3) is 0 Å². The topological polar surface area (TPSA) is 75.4 Å². The number of carboxylic acids is 1. The van der Waals surface area contributed by atoms with Gasteiger partial charge in [0.15, 0.2) is 0 Å². The number of anilines is 1. The van der Waals surface area contributed by atoms with E-state index in [1.54, 1.807) is 18.5 Å². The third-order valence-corrected chi connectivity index (χ3v) is 2.55. The summed E-state index contributed by atoms with van der Waals surface area (Å²) in [4.78, 5) is 14.7. The van der Waals surface area contributed by atoms with Gasteiger partial charge in [-0.1, -0.05) is 0 Å². The normalized spacial score (nSPS) is 12.5. The van der Waals surface area contributed by atoms with Crippen LogP contribution in [0.1, 0.15) is 19.8 Å². The molecule has 2 heterocycles. The maximum Gasteiger partial charge on any atom is 0.303 e. The second-order valence-electron chi connectivity index (χ2n) is 3.97. The second kappa shape index (κ2) is 4.86. The summed E-state index contributed by atoms with van der Waals surface area (Å²) in [7, 11) is 0. The molecule has 2 aromatic heterocycles. The Morgan fingerprint density at radius 3 is 3.18 bits per heavy atom. The van der Waals surface area contributed by atoms with E-state index < -0.39 is 5.97 Å². The number of aromatic nitrogens is 1. The number of carbonyl (C=O) groups is 1. The average Bonchev–Trinajstić information content (AvgIpc) is 2.75. The number of nitrogens with zero attached hydrogens (tertiary/aromatic N) is 1. The molecule has 2 rings (SSSR count). The highest BCUT2D eigenvalue weighted by Crippen LogP contribution is 2.22. The Balaban J connectivity index is 2.07. The number of carboxylic acid groups (broad SMARTS) is 1. The van der Waals surface area contributed by atoms with Crippen molar-refractivity contribution >= 4 is 22.8 Å². The summed E-state index contributed by atoms with van der Waals surface area (Å²) in [6, 6.07) is 3.69. The predicted octanol–water partition coefficient (Wildman–Crippen LogP) is 2.49. The molecular formula is C12H14N2O3. The van der Waals surface area contributed by atoms with E-state index in [0.717, 1.165) is 16.8 Å². The molecule has 0 fully saturated rings. The number of aliphatic carboxylic acids is 1. The van der Waals surface area contributed by atoms with Gasteiger partial charge in [-0.25, -0.2) is 4.98 Å². The minimum Gasteiger partial charge on any atom is -0.481 e. The highest BCUT2D eigenvalue weighted by Gasteiger charge is 2.09. The summed E-state index contributed by atoms with van der Waals surface area (Å²) in [6.07, 6.45) is 3.98. The zero-order chi connectivity index (χ0) is 12.3. The molecule has 1 unspecified atom stereocenters. The van der Waals surface area contributed by atoms with E-state index in [1.807, 2.05) is 13.0 Å². The molecule has 0 amide bonds. The van der Waals surface area contributed by atoms with Crippen molar-refractivity contribution in [2.24, 2.45) is 0 Å². The molecule has 0 saturated heterocycles. The Bertz CT molecular complexity index is 521. The van der Waals surface area contributed by atoms with Gasteiger partial charge in [0.05, 0.1) is 11.6 Å². The van der Waals surface area contributed by atoms with Crippen LogP contribution in [0.25, 0.3) is 11.0 Å². The molecule has 0 aliphatic rings. The number of nitrogens with one attached hydrogen (secondary N) is 1. The second-order valence-corrected chi connectivity index (χ2v) is 3.97. The lowest BCUT2D eigenvalue weighted by Crippen LogP contribution is -2.17. The van der Waals surface area contributed by atoms with Crippen LogP contribution in [0, 0.1) is 0 Å². The van der Waals surface area contributed by atoms with Gasteiger partial charge in [-0.2, -0.15) is 0 Å². The Kier molecular flexibility index (Phi) is 3.27. The van der Waals surface area contributed by atoms with E-state index >= 15 is 0 Å². The Morgan fingerprint density at radius 1 is 1.59 bits per heavy atom. The van der Waals surface area contributed by atoms with Crippen LogP contribution < -0.4 is 5.32 Å². The number of pyridine rings is 1. The van der Waals surface area contributed by atoms with Crippen LogP contribution in [-0.4, -0.2) is 22.1 Å². The van der Waals surface area contributed by atoms with Crippen LogP contribution in [0.5, 0.6) is 0 Å². The number of hydrogen-bond acceptors (Lipinski definition) is 4. The molecular weight excluding hydrogens is 220 g/mol. The number of fused-ring (bicyclic) bond motifs is 1. The van der Waals surface area contributed by atoms with Crippen LogP contribution in [-0.2, 0) is 4.79 Å². The zero-order valence-corrected chi connectivity index (χ0v) is 9.51. The van der Waals surface area contributed by atoms with E-state index in [9.17, 15) is 4.79 Å². The van der Waals surface area contributed by atoms with Crippen molar-refractivity contribution in [1.29, 1.82) is 0 Å². The molecule has 0 bridgehead atoms. The lowest BCUT2D eigenvalue weighted by Gasteiger charge is -2.13. The first-order valence-corrected chi connectivity index (χ1v) is 5.47. The average molecular weight is 234 g/mol. The van der Waals surface area contributed by atoms with E-state index in [0.29, 0.717) is 6.42 Å². The number of furan rings is 1. The Morgan fingerprint density at radius 2 is 2.41 bits per heavy atom. The van der Waals surface area contributed by atoms with Crippen molar-refractivity contribution in [1.82, 2.24) is 4.98 Å². The molecule has 0 radical (unpaired) electrons. The maximum absolute atomic E-state index is 10.5. The molecule has 0 aromatic carbocycles. The van der Waals surface area contributed by atoms with Crippen LogP contribution in [0.15, 0.2) is 29.0 Å². The van der Waals surface area contributed by atoms with Crippen molar-refractivity contribution in [2.75, 3.05) is 5.32 Å². The van der Waals surface area contributed by atoms with Gasteiger partial charge in [0.1, 0.15) is 11.4 Å². The van der Waals surface area contributed by atoms with Crippen molar-refractivity contribution in [3.63, 3.8) is 0 Å². The summed E-state index contributed by atoms with van der Waals surface area (Å²) in [5.74, 6) is -0.0535. The molecule has 1 atom stereocenters. The zero-order valence-electron chi connectivity index (χ0n) is 9.51. The lowest BCUT2D eigenvalue weighted by molar-refractivity contribution is -0.137. The largest absolute Gasteiger partial charge is 0.481 e. The quantitative estimate of drug-likeness (QED) is 0.831. The summed E-state index contributed by atoms with van der Waals surface area (Å²) >= 11 is 0. The minimum absolute atomic E-state index is 0.0547. The van der Waals surface area contributed by atoms with Gasteiger partial charge in [-0.3, -0.25) is 4.79 Å². The van der Waals surface area contributed by atoms with Crippen LogP contribution in [0.3, 0.4) is 0 Å². The van der Waals surface area contributed by atoms with Crippen molar-refractivity contribution in [3.05, 3.63) is 24.6 Å². The van der Waals surface area contributed by atoms with Crippen LogP contribution in [0.4, 0.5) is 5.82 Å². The maximum atomic E-state index is 10.5. The van der Waals surface area contributed by atoms with Crippen molar-refractivity contribution in [2.45, 2.75) is 25.8 Å². The molecule has 0 saturated carbocycles. The number of hydrogen-bond donors (Lipinski definition) is 2. The lowest BCUT2D eigenvalue weighted by atomic mass is 10.2. The molecule has 2 N–H and O–H groups in total. The first kappa shape index (κ1) is 11.4. The fourth-order valence-corrected chi connectivity index (χ4v) is 1.66. The van der Waals surface area contributed by atoms with E-state index in [4.69, 9.17) is 9.52 Å². The SMILES string of the molecule is CC(CCC(=O)O)Nc1nccc2occc12. The van der Waals surface area contributed by atoms with Crippen LogP contribution in [0.2, 0.25) is 0 Å². The van der Waals surface area contributed by atoms with Gasteiger partial charge < -0.3 is 14.8 Å². The minimum atomic E-state index is -0.784. The van der Waals surface area contributed by atoms with Crippen LogP contribution >= 0.6 is 0 Å². The van der Waals surface area contributed by atoms with E-state index in [-0.39, 0.29) is 12.5 Å². The Labute approximate surface area is 98.5 Å². The summed E-state index contributed by atoms with van der Waals surface area (Å²) in [5.41, 5.74) is 0.771. The molecule has 2 aromatic rings. The highest BCUT2D eigenvalue weighted by atomic mass is 16.4. The van der Waals surface area contributed by atoms with Gasteiger partial charge in [0.2, 0.25) is 0 Å². The fourth-order valence-electron chi connectivity index (χ4n) is 1.66. The third kappa shape index (κ3) is 2.75. The standard InChI is InChI=1S/C12H14N2O3/c1-8(2-3-11(15)16)14-12-9-5-7-17-10(9)4-6-13-12/h4-8H,2-3H2,1H3,(H,13,14)(H,15,16). The van der Waals surface area contributed by atoms with Gasteiger partial charge in [-0.15, -0.1) is 0 Å². The van der Waals surface area contributed by atoms with E-state index in [1.165, 1.54) is 0 Å². The first-order valence-electron chi connectivity index (χ1n) is 5.47. The first-order chi connectivity index (χ1) is 8.16. The molecule has 5 nitrogen and oxygen atoms in total. The van der Waals surface area contributed by atoms with Gasteiger partial charge in [-0.05, 0) is 25.5 Å². The predicted molar refractivity (Wildman–Crippen MR) is 64.0 cm³/mol. The fraction of sp³-hybridized carbons (Fsp3) is 0.333. The molecule has 5 heteroatoms. The van der Waals surface area contributed by atoms with Gasteiger partial charge >= 0.3 is 5.97 Å². The highest BCUT2D eigenvalue weighted by molar-refractivity contribution is 5.87. The van der Waals surface area contributed by atoms with Gasteiger partial charge in [0, 0.05) is 18.7 Å². The Hall–Kier alpha value is -2.04. The smallest absolute Gasteiger partial charge is 0.303 e. The molecule has 17 heavy (non-hydrogen) atoms. The third-order valence-electron chi connectivity index (χ3n) is 2.55. The summed E-state index contributed by atoms with van der Waals surface area (Å²) < 4.78 is 5.26. The van der Waals surface area contributed by atoms with Crippen molar-refractivity contribution in [3.8, 4) is 0 Å². The summed E-state index contributed by atoms with van der Waals surface area (Å²) in [6.45, 7) is 1.93. The van der Waals surface area contributed by atoms with Crippen molar-refractivity contribution < 1.29 is 14.3 Å². The molecule has 0 spiro atoms.